The van der Waals surface area contributed by atoms with E-state index in [1.54, 1.807) is 0 Å². The number of hydrogen-bond acceptors (Lipinski definition) is 3. The van der Waals surface area contributed by atoms with Crippen molar-refractivity contribution in [1.29, 1.82) is 0 Å². The molecule has 0 radical (unpaired) electrons. The number of sulfonamides is 1. The Morgan fingerprint density at radius 3 is 1.94 bits per heavy atom. The van der Waals surface area contributed by atoms with E-state index in [-0.39, 0.29) is 17.9 Å². The molecule has 0 bridgehead atoms. The Balaban J connectivity index is 2.30. The molecule has 5 heteroatoms. The Bertz CT molecular complexity index is 842. The molecule has 31 heavy (non-hydrogen) atoms. The van der Waals surface area contributed by atoms with Crippen LogP contribution in [0.4, 0.5) is 0 Å². The van der Waals surface area contributed by atoms with Gasteiger partial charge in [0.25, 0.3) is 0 Å². The molecule has 0 amide bonds. The fourth-order valence-electron chi connectivity index (χ4n) is 4.11. The molecular formula is C26H42N2O2S. The zero-order valence-electron chi connectivity index (χ0n) is 20.5. The maximum absolute atomic E-state index is 13.5. The van der Waals surface area contributed by atoms with Crippen molar-refractivity contribution in [3.05, 3.63) is 53.1 Å². The molecule has 0 atom stereocenters. The van der Waals surface area contributed by atoms with Crippen molar-refractivity contribution in [2.45, 2.75) is 90.0 Å². The second-order valence-corrected chi connectivity index (χ2v) is 11.2. The van der Waals surface area contributed by atoms with Gasteiger partial charge >= 0.3 is 0 Å². The molecule has 2 rings (SSSR count). The first-order valence-corrected chi connectivity index (χ1v) is 13.3. The maximum atomic E-state index is 13.5. The predicted octanol–water partition coefficient (Wildman–Crippen LogP) is 5.93. The number of nitrogens with zero attached hydrogens (tertiary/aromatic N) is 1. The quantitative estimate of drug-likeness (QED) is 0.429. The second-order valence-electron chi connectivity index (χ2n) is 9.51. The highest BCUT2D eigenvalue weighted by Gasteiger charge is 2.27. The summed E-state index contributed by atoms with van der Waals surface area (Å²) in [7, 11) is -3.61. The highest BCUT2D eigenvalue weighted by molar-refractivity contribution is 7.89. The van der Waals surface area contributed by atoms with E-state index in [9.17, 15) is 8.42 Å². The van der Waals surface area contributed by atoms with Crippen LogP contribution in [-0.4, -0.2) is 39.0 Å². The van der Waals surface area contributed by atoms with Crippen molar-refractivity contribution >= 4 is 10.0 Å². The minimum Gasteiger partial charge on any atom is -0.292 e. The fraction of sp³-hybridized carbons (Fsp3) is 0.615. The van der Waals surface area contributed by atoms with Crippen LogP contribution in [0.1, 0.15) is 95.8 Å². The molecule has 1 aromatic carbocycles. The molecule has 0 unspecified atom stereocenters. The zero-order valence-corrected chi connectivity index (χ0v) is 21.3. The third kappa shape index (κ3) is 6.77. The van der Waals surface area contributed by atoms with Crippen LogP contribution in [0.2, 0.25) is 0 Å². The first-order chi connectivity index (χ1) is 14.6. The molecule has 1 aromatic rings. The lowest BCUT2D eigenvalue weighted by Gasteiger charge is -2.29. The molecule has 0 heterocycles. The van der Waals surface area contributed by atoms with Gasteiger partial charge in [0.2, 0.25) is 10.0 Å². The highest BCUT2D eigenvalue weighted by Crippen LogP contribution is 2.35. The summed E-state index contributed by atoms with van der Waals surface area (Å²) in [6.07, 6.45) is 10.8. The molecular weight excluding hydrogens is 404 g/mol. The summed E-state index contributed by atoms with van der Waals surface area (Å²) in [4.78, 5) is 2.82. The van der Waals surface area contributed by atoms with Crippen LogP contribution >= 0.6 is 0 Å². The Kier molecular flexibility index (Phi) is 9.53. The number of hydrogen-bond donors (Lipinski definition) is 1. The van der Waals surface area contributed by atoms with Crippen LogP contribution in [0.15, 0.2) is 41.3 Å². The normalized spacial score (nSPS) is 15.2. The summed E-state index contributed by atoms with van der Waals surface area (Å²) >= 11 is 0. The van der Waals surface area contributed by atoms with E-state index in [1.165, 1.54) is 5.56 Å². The number of allylic oxidation sites excluding steroid dienone is 2. The van der Waals surface area contributed by atoms with E-state index in [0.717, 1.165) is 30.5 Å². The average molecular weight is 447 g/mol. The van der Waals surface area contributed by atoms with Crippen LogP contribution in [0.5, 0.6) is 0 Å². The van der Waals surface area contributed by atoms with Crippen LogP contribution in [-0.2, 0) is 10.0 Å². The molecule has 0 aromatic heterocycles. The lowest BCUT2D eigenvalue weighted by Crippen LogP contribution is -2.40. The summed E-state index contributed by atoms with van der Waals surface area (Å²) < 4.78 is 30.0. The van der Waals surface area contributed by atoms with Gasteiger partial charge in [0, 0.05) is 19.1 Å². The van der Waals surface area contributed by atoms with Crippen molar-refractivity contribution in [3.8, 4) is 0 Å². The minimum absolute atomic E-state index is 0.136. The molecule has 1 N–H and O–H groups in total. The molecule has 1 aliphatic carbocycles. The Hall–Kier alpha value is -1.43. The summed E-state index contributed by atoms with van der Waals surface area (Å²) in [6.45, 7) is 16.8. The van der Waals surface area contributed by atoms with Gasteiger partial charge in [0.15, 0.2) is 0 Å². The second kappa shape index (κ2) is 11.4. The Labute approximate surface area is 190 Å². The monoisotopic (exact) mass is 446 g/mol. The summed E-state index contributed by atoms with van der Waals surface area (Å²) in [5.41, 5.74) is 3.05. The minimum atomic E-state index is -3.61. The highest BCUT2D eigenvalue weighted by atomic mass is 32.2. The molecule has 0 fully saturated rings. The van der Waals surface area contributed by atoms with Crippen molar-refractivity contribution in [2.24, 2.45) is 0 Å². The lowest BCUT2D eigenvalue weighted by molar-refractivity contribution is 0.262. The molecule has 0 spiro atoms. The van der Waals surface area contributed by atoms with Gasteiger partial charge in [0.05, 0.1) is 4.90 Å². The van der Waals surface area contributed by atoms with E-state index in [2.05, 4.69) is 94.5 Å². The van der Waals surface area contributed by atoms with Gasteiger partial charge in [-0.25, -0.2) is 13.1 Å². The number of nitrogens with one attached hydrogen (secondary N) is 1. The predicted molar refractivity (Wildman–Crippen MR) is 132 cm³/mol. The van der Waals surface area contributed by atoms with Crippen LogP contribution in [0.25, 0.3) is 0 Å². The van der Waals surface area contributed by atoms with E-state index in [4.69, 9.17) is 0 Å². The van der Waals surface area contributed by atoms with Gasteiger partial charge in [-0.2, -0.15) is 0 Å². The Morgan fingerprint density at radius 2 is 1.48 bits per heavy atom. The molecule has 0 aliphatic heterocycles. The Morgan fingerprint density at radius 1 is 0.935 bits per heavy atom. The van der Waals surface area contributed by atoms with E-state index >= 15 is 0 Å². The van der Waals surface area contributed by atoms with Gasteiger partial charge in [-0.1, -0.05) is 84.9 Å². The third-order valence-corrected chi connectivity index (χ3v) is 7.50. The van der Waals surface area contributed by atoms with Crippen molar-refractivity contribution in [2.75, 3.05) is 19.6 Å². The molecule has 4 nitrogen and oxygen atoms in total. The lowest BCUT2D eigenvalue weighted by atomic mass is 9.89. The number of rotatable bonds is 11. The SMILES string of the molecule is CCCN(CCNS(=O)(=O)c1c(C(C)C)cc(C(C)C)cc1C(C)C)C1C=CCC=C1. The van der Waals surface area contributed by atoms with Gasteiger partial charge in [-0.05, 0) is 53.8 Å². The van der Waals surface area contributed by atoms with Crippen molar-refractivity contribution in [3.63, 3.8) is 0 Å². The molecule has 0 saturated carbocycles. The van der Waals surface area contributed by atoms with Gasteiger partial charge < -0.3 is 0 Å². The standard InChI is InChI=1S/C26H42N2O2S/c1-8-15-28(23-12-10-9-11-13-23)16-14-27-31(29,30)26-24(20(4)5)17-22(19(2)3)18-25(26)21(6)7/h10-13,17-21,23,27H,8-9,14-16H2,1-7H3. The fourth-order valence-corrected chi connectivity index (χ4v) is 5.83. The third-order valence-electron chi connectivity index (χ3n) is 5.91. The summed E-state index contributed by atoms with van der Waals surface area (Å²) in [6, 6.07) is 4.44. The van der Waals surface area contributed by atoms with E-state index in [1.807, 2.05) is 0 Å². The summed E-state index contributed by atoms with van der Waals surface area (Å²) in [5, 5.41) is 0. The van der Waals surface area contributed by atoms with E-state index in [0.29, 0.717) is 23.9 Å². The first kappa shape index (κ1) is 25.8. The zero-order chi connectivity index (χ0) is 23.2. The smallest absolute Gasteiger partial charge is 0.241 e. The topological polar surface area (TPSA) is 49.4 Å². The molecule has 0 saturated heterocycles. The van der Waals surface area contributed by atoms with Crippen LogP contribution < -0.4 is 4.72 Å². The molecule has 1 aliphatic rings. The largest absolute Gasteiger partial charge is 0.292 e. The van der Waals surface area contributed by atoms with Gasteiger partial charge in [-0.3, -0.25) is 4.90 Å². The van der Waals surface area contributed by atoms with Crippen molar-refractivity contribution < 1.29 is 8.42 Å². The maximum Gasteiger partial charge on any atom is 0.241 e. The summed E-state index contributed by atoms with van der Waals surface area (Å²) in [5.74, 6) is 0.632. The van der Waals surface area contributed by atoms with Crippen LogP contribution in [0.3, 0.4) is 0 Å². The number of benzene rings is 1. The average Bonchev–Trinajstić information content (AvgIpc) is 2.72. The van der Waals surface area contributed by atoms with Gasteiger partial charge in [0.1, 0.15) is 0 Å². The van der Waals surface area contributed by atoms with E-state index < -0.39 is 10.0 Å². The first-order valence-electron chi connectivity index (χ1n) is 11.8. The van der Waals surface area contributed by atoms with Gasteiger partial charge in [-0.15, -0.1) is 0 Å². The van der Waals surface area contributed by atoms with Crippen molar-refractivity contribution in [1.82, 2.24) is 9.62 Å². The molecule has 174 valence electrons. The van der Waals surface area contributed by atoms with Crippen LogP contribution in [0, 0.1) is 0 Å².